The quantitative estimate of drug-likeness (QED) is 0.530. The Morgan fingerprint density at radius 1 is 0.864 bits per heavy atom. The third-order valence-corrected chi connectivity index (χ3v) is 6.43. The fraction of sp³-hybridized carbons (Fsp3) is 0.400. The van der Waals surface area contributed by atoms with Crippen LogP contribution >= 0.6 is 11.3 Å². The van der Waals surface area contributed by atoms with Crippen LogP contribution in [0, 0.1) is 10.8 Å². The van der Waals surface area contributed by atoms with Gasteiger partial charge in [-0.05, 0) is 28.3 Å². The molecule has 0 fully saturated rings. The fourth-order valence-corrected chi connectivity index (χ4v) is 3.64. The van der Waals surface area contributed by atoms with Gasteiger partial charge in [0.05, 0.1) is 0 Å². The summed E-state index contributed by atoms with van der Waals surface area (Å²) in [5.41, 5.74) is 1.94. The summed E-state index contributed by atoms with van der Waals surface area (Å²) in [6.07, 6.45) is 1.10. The van der Waals surface area contributed by atoms with Crippen molar-refractivity contribution in [1.29, 1.82) is 0 Å². The molecule has 0 spiro atoms. The molecule has 2 aromatic carbocycles. The van der Waals surface area contributed by atoms with Gasteiger partial charge in [-0.25, -0.2) is 0 Å². The molecule has 0 aliphatic carbocycles. The molecule has 0 saturated carbocycles. The maximum Gasteiger partial charge on any atom is 0.152 e. The summed E-state index contributed by atoms with van der Waals surface area (Å²) >= 11 is 1.88. The van der Waals surface area contributed by atoms with Crippen molar-refractivity contribution in [3.05, 3.63) is 42.5 Å². The molecule has 0 aliphatic heterocycles. The smallest absolute Gasteiger partial charge is 0.135 e. The van der Waals surface area contributed by atoms with Gasteiger partial charge < -0.3 is 0 Å². The first-order valence-electron chi connectivity index (χ1n) is 8.02. The predicted octanol–water partition coefficient (Wildman–Crippen LogP) is 5.87. The van der Waals surface area contributed by atoms with E-state index in [2.05, 4.69) is 84.4 Å². The second-order valence-corrected chi connectivity index (χ2v) is 8.98. The Labute approximate surface area is 138 Å². The third kappa shape index (κ3) is 2.81. The van der Waals surface area contributed by atoms with Crippen molar-refractivity contribution in [1.82, 2.24) is 0 Å². The monoisotopic (exact) mass is 307 g/mol. The number of thiophene rings is 1. The highest BCUT2D eigenvalue weighted by Gasteiger charge is 2.32. The van der Waals surface area contributed by atoms with Crippen LogP contribution in [-0.2, 0) is 0 Å². The Balaban J connectivity index is 1.91. The first kappa shape index (κ1) is 15.6. The van der Waals surface area contributed by atoms with Crippen LogP contribution in [0.1, 0.15) is 34.6 Å². The summed E-state index contributed by atoms with van der Waals surface area (Å²) in [5.74, 6) is 0. The summed E-state index contributed by atoms with van der Waals surface area (Å²) in [4.78, 5) is 0. The first-order valence-corrected chi connectivity index (χ1v) is 8.84. The molecule has 22 heavy (non-hydrogen) atoms. The molecule has 0 amide bonds. The van der Waals surface area contributed by atoms with Crippen LogP contribution in [0.25, 0.3) is 20.2 Å². The van der Waals surface area contributed by atoms with Gasteiger partial charge in [0.15, 0.2) is 7.28 Å². The minimum absolute atomic E-state index is 0.290. The third-order valence-electron chi connectivity index (χ3n) is 5.28. The van der Waals surface area contributed by atoms with E-state index in [9.17, 15) is 0 Å². The minimum atomic E-state index is 0.290. The van der Waals surface area contributed by atoms with Gasteiger partial charge in [-0.3, -0.25) is 0 Å². The lowest BCUT2D eigenvalue weighted by Gasteiger charge is -2.39. The zero-order valence-corrected chi connectivity index (χ0v) is 15.1. The SMILES string of the molecule is CC(C)(C)C(C)(C)C[B]c1ccc2sc3ccccc3c2c1. The summed E-state index contributed by atoms with van der Waals surface area (Å²) in [7, 11) is 2.40. The van der Waals surface area contributed by atoms with E-state index in [0.717, 1.165) is 6.32 Å². The average molecular weight is 307 g/mol. The molecule has 3 rings (SSSR count). The highest BCUT2D eigenvalue weighted by atomic mass is 32.1. The van der Waals surface area contributed by atoms with Crippen LogP contribution in [0.15, 0.2) is 42.5 Å². The van der Waals surface area contributed by atoms with Crippen molar-refractivity contribution in [3.63, 3.8) is 0 Å². The Hall–Kier alpha value is -1.28. The zero-order valence-electron chi connectivity index (χ0n) is 14.2. The van der Waals surface area contributed by atoms with E-state index in [1.807, 2.05) is 11.3 Å². The highest BCUT2D eigenvalue weighted by molar-refractivity contribution is 7.25. The molecule has 0 unspecified atom stereocenters. The van der Waals surface area contributed by atoms with Gasteiger partial charge >= 0.3 is 0 Å². The van der Waals surface area contributed by atoms with Crippen molar-refractivity contribution in [2.75, 3.05) is 0 Å². The average Bonchev–Trinajstić information content (AvgIpc) is 2.82. The number of rotatable bonds is 3. The summed E-state index contributed by atoms with van der Waals surface area (Å²) in [6, 6.07) is 15.6. The molecule has 0 N–H and O–H groups in total. The number of hydrogen-bond donors (Lipinski definition) is 0. The van der Waals surface area contributed by atoms with Crippen LogP contribution in [0.2, 0.25) is 6.32 Å². The van der Waals surface area contributed by atoms with Crippen LogP contribution in [-0.4, -0.2) is 7.28 Å². The van der Waals surface area contributed by atoms with Gasteiger partial charge in [-0.15, -0.1) is 11.3 Å². The van der Waals surface area contributed by atoms with Gasteiger partial charge in [0, 0.05) is 14.8 Å². The van der Waals surface area contributed by atoms with Crippen LogP contribution < -0.4 is 5.46 Å². The van der Waals surface area contributed by atoms with E-state index in [0.29, 0.717) is 10.8 Å². The van der Waals surface area contributed by atoms with E-state index in [-0.39, 0.29) is 0 Å². The second kappa shape index (κ2) is 5.42. The summed E-state index contributed by atoms with van der Waals surface area (Å²) < 4.78 is 2.76. The molecular formula is C20H24BS. The lowest BCUT2D eigenvalue weighted by atomic mass is 9.53. The standard InChI is InChI=1S/C20H24BS/c1-19(2,3)20(4,5)13-21-14-10-11-18-16(12-14)15-8-6-7-9-17(15)22-18/h6-12H,13H2,1-5H3. The lowest BCUT2D eigenvalue weighted by Crippen LogP contribution is -2.33. The van der Waals surface area contributed by atoms with E-state index in [1.54, 1.807) is 0 Å². The van der Waals surface area contributed by atoms with Gasteiger partial charge in [0.2, 0.25) is 0 Å². The van der Waals surface area contributed by atoms with Crippen LogP contribution in [0.4, 0.5) is 0 Å². The van der Waals surface area contributed by atoms with Gasteiger partial charge in [-0.1, -0.05) is 76.7 Å². The van der Waals surface area contributed by atoms with E-state index >= 15 is 0 Å². The molecule has 2 heteroatoms. The Morgan fingerprint density at radius 3 is 2.27 bits per heavy atom. The van der Waals surface area contributed by atoms with Crippen molar-refractivity contribution in [3.8, 4) is 0 Å². The molecular weight excluding hydrogens is 283 g/mol. The molecule has 0 aliphatic rings. The fourth-order valence-electron chi connectivity index (χ4n) is 2.55. The maximum atomic E-state index is 2.40. The van der Waals surface area contributed by atoms with Crippen molar-refractivity contribution in [2.45, 2.75) is 40.9 Å². The van der Waals surface area contributed by atoms with Crippen molar-refractivity contribution < 1.29 is 0 Å². The number of benzene rings is 2. The number of hydrogen-bond acceptors (Lipinski definition) is 1. The Morgan fingerprint density at radius 2 is 1.55 bits per heavy atom. The van der Waals surface area contributed by atoms with Crippen molar-refractivity contribution >= 4 is 44.3 Å². The van der Waals surface area contributed by atoms with Gasteiger partial charge in [0.25, 0.3) is 0 Å². The molecule has 1 heterocycles. The zero-order chi connectivity index (χ0) is 16.0. The molecule has 0 bridgehead atoms. The van der Waals surface area contributed by atoms with E-state index < -0.39 is 0 Å². The summed E-state index contributed by atoms with van der Waals surface area (Å²) in [6.45, 7) is 11.7. The second-order valence-electron chi connectivity index (χ2n) is 7.90. The largest absolute Gasteiger partial charge is 0.152 e. The van der Waals surface area contributed by atoms with Crippen LogP contribution in [0.5, 0.6) is 0 Å². The van der Waals surface area contributed by atoms with Crippen LogP contribution in [0.3, 0.4) is 0 Å². The molecule has 1 aromatic heterocycles. The Kier molecular flexibility index (Phi) is 3.85. The molecule has 3 aromatic rings. The number of fused-ring (bicyclic) bond motifs is 3. The summed E-state index contributed by atoms with van der Waals surface area (Å²) in [5, 5.41) is 2.77. The van der Waals surface area contributed by atoms with Crippen molar-refractivity contribution in [2.24, 2.45) is 10.8 Å². The molecule has 0 saturated heterocycles. The molecule has 0 nitrogen and oxygen atoms in total. The molecule has 113 valence electrons. The first-order chi connectivity index (χ1) is 10.3. The van der Waals surface area contributed by atoms with E-state index in [1.165, 1.54) is 25.6 Å². The van der Waals surface area contributed by atoms with Gasteiger partial charge in [-0.2, -0.15) is 0 Å². The topological polar surface area (TPSA) is 0 Å². The Bertz CT molecular complexity index is 805. The molecule has 0 atom stereocenters. The lowest BCUT2D eigenvalue weighted by molar-refractivity contribution is 0.157. The minimum Gasteiger partial charge on any atom is -0.135 e. The normalized spacial score (nSPS) is 13.0. The predicted molar refractivity (Wildman–Crippen MR) is 103 cm³/mol. The van der Waals surface area contributed by atoms with E-state index in [4.69, 9.17) is 0 Å². The highest BCUT2D eigenvalue weighted by Crippen LogP contribution is 2.41. The molecule has 1 radical (unpaired) electrons. The maximum absolute atomic E-state index is 2.40. The van der Waals surface area contributed by atoms with Gasteiger partial charge in [0.1, 0.15) is 0 Å².